The minimum Gasteiger partial charge on any atom is -0.494 e. The second kappa shape index (κ2) is 23.6. The molecule has 2 fully saturated rings. The van der Waals surface area contributed by atoms with Crippen LogP contribution in [-0.2, 0) is 9.47 Å². The minimum absolute atomic E-state index is 0.441. The molecule has 4 rings (SSSR count). The number of benzene rings is 2. The van der Waals surface area contributed by atoms with Gasteiger partial charge in [-0.2, -0.15) is 0 Å². The summed E-state index contributed by atoms with van der Waals surface area (Å²) in [7, 11) is 0. The van der Waals surface area contributed by atoms with Crippen LogP contribution >= 0.6 is 0 Å². The topological polar surface area (TPSA) is 71.1 Å². The van der Waals surface area contributed by atoms with Crippen molar-refractivity contribution >= 4 is 11.9 Å². The molecule has 0 spiro atoms. The number of carbonyl (C=O) groups excluding carboxylic acids is 2. The minimum atomic E-state index is -0.615. The maximum absolute atomic E-state index is 12.9. The van der Waals surface area contributed by atoms with Gasteiger partial charge in [0.15, 0.2) is 0 Å². The first-order chi connectivity index (χ1) is 25.4. The van der Waals surface area contributed by atoms with Crippen molar-refractivity contribution in [3.8, 4) is 11.5 Å². The molecule has 2 aliphatic carbocycles. The van der Waals surface area contributed by atoms with Crippen LogP contribution in [0.5, 0.6) is 11.5 Å². The zero-order valence-electron chi connectivity index (χ0n) is 33.1. The molecule has 6 heteroatoms. The normalized spacial score (nSPS) is 21.5. The third-order valence-corrected chi connectivity index (χ3v) is 11.9. The molecule has 0 heterocycles. The van der Waals surface area contributed by atoms with E-state index in [0.717, 1.165) is 48.0 Å². The average Bonchev–Trinajstić information content (AvgIpc) is 3.16. The molecular weight excluding hydrogens is 648 g/mol. The second-order valence-corrected chi connectivity index (χ2v) is 15.9. The number of hydrogen-bond acceptors (Lipinski definition) is 6. The molecule has 0 aliphatic heterocycles. The Bertz CT molecular complexity index is 1170. The molecule has 4 unspecified atom stereocenters. The van der Waals surface area contributed by atoms with E-state index < -0.39 is 24.1 Å². The first kappa shape index (κ1) is 41.7. The van der Waals surface area contributed by atoms with E-state index in [4.69, 9.17) is 18.9 Å². The fraction of sp³-hybridized carbons (Fsp3) is 0.696. The number of ether oxygens (including phenoxy) is 4. The molecule has 0 aromatic heterocycles. The molecule has 290 valence electrons. The van der Waals surface area contributed by atoms with Gasteiger partial charge in [0.25, 0.3) is 0 Å². The molecule has 2 aromatic carbocycles. The summed E-state index contributed by atoms with van der Waals surface area (Å²) in [4.78, 5) is 25.7. The van der Waals surface area contributed by atoms with Crippen LogP contribution in [0, 0.1) is 23.7 Å². The molecule has 52 heavy (non-hydrogen) atoms. The highest BCUT2D eigenvalue weighted by Crippen LogP contribution is 2.37. The van der Waals surface area contributed by atoms with Gasteiger partial charge in [-0.25, -0.2) is 9.59 Å². The summed E-state index contributed by atoms with van der Waals surface area (Å²) < 4.78 is 23.4. The molecule has 0 radical (unpaired) electrons. The molecule has 0 bridgehead atoms. The van der Waals surface area contributed by atoms with E-state index in [0.29, 0.717) is 24.3 Å². The van der Waals surface area contributed by atoms with Gasteiger partial charge in [0.05, 0.1) is 24.3 Å². The largest absolute Gasteiger partial charge is 0.494 e. The monoisotopic (exact) mass is 719 g/mol. The summed E-state index contributed by atoms with van der Waals surface area (Å²) in [6.45, 7) is 9.43. The fourth-order valence-electron chi connectivity index (χ4n) is 8.51. The van der Waals surface area contributed by atoms with E-state index in [9.17, 15) is 9.59 Å². The van der Waals surface area contributed by atoms with Gasteiger partial charge in [-0.1, -0.05) is 117 Å². The van der Waals surface area contributed by atoms with Crippen LogP contribution < -0.4 is 9.47 Å². The molecule has 0 saturated heterocycles. The molecular formula is C46H70O6. The van der Waals surface area contributed by atoms with Gasteiger partial charge in [0.2, 0.25) is 0 Å². The average molecular weight is 719 g/mol. The second-order valence-electron chi connectivity index (χ2n) is 15.9. The lowest BCUT2D eigenvalue weighted by Crippen LogP contribution is -2.30. The van der Waals surface area contributed by atoms with Crippen LogP contribution in [0.2, 0.25) is 0 Å². The van der Waals surface area contributed by atoms with Crippen LogP contribution in [0.3, 0.4) is 0 Å². The Morgan fingerprint density at radius 1 is 0.519 bits per heavy atom. The van der Waals surface area contributed by atoms with Gasteiger partial charge < -0.3 is 18.9 Å². The lowest BCUT2D eigenvalue weighted by Gasteiger charge is -2.31. The number of rotatable bonds is 23. The Morgan fingerprint density at radius 2 is 0.846 bits per heavy atom. The van der Waals surface area contributed by atoms with Gasteiger partial charge in [-0.3, -0.25) is 0 Å². The van der Waals surface area contributed by atoms with E-state index in [-0.39, 0.29) is 0 Å². The fourth-order valence-corrected chi connectivity index (χ4v) is 8.51. The highest BCUT2D eigenvalue weighted by molar-refractivity contribution is 5.90. The van der Waals surface area contributed by atoms with Crippen LogP contribution in [0.4, 0.5) is 0 Å². The summed E-state index contributed by atoms with van der Waals surface area (Å²) in [5.74, 6) is 4.09. The maximum Gasteiger partial charge on any atom is 0.338 e. The summed E-state index contributed by atoms with van der Waals surface area (Å²) in [5.41, 5.74) is 0.881. The molecule has 2 aromatic rings. The van der Waals surface area contributed by atoms with Crippen molar-refractivity contribution in [2.75, 3.05) is 13.2 Å². The van der Waals surface area contributed by atoms with Gasteiger partial charge in [0, 0.05) is 0 Å². The summed E-state index contributed by atoms with van der Waals surface area (Å²) in [6.07, 6.45) is 25.2. The standard InChI is InChI=1S/C46H70O6/c1-5-7-9-17-37-19-11-13-21-39(37)23-15-33-49-43-29-25-41(26-30-43)45(47)51-35(3)36(4)52-46(48)42-27-31-44(32-28-42)50-34-16-24-40-22-14-12-20-38(40)18-10-8-6-2/h25-32,35-40H,5-24,33-34H2,1-4H3/t35-,36-,37?,38?,39?,40?/m1/s1. The maximum atomic E-state index is 12.9. The van der Waals surface area contributed by atoms with Gasteiger partial charge in [-0.05, 0) is 112 Å². The Morgan fingerprint density at radius 3 is 1.17 bits per heavy atom. The first-order valence-electron chi connectivity index (χ1n) is 21.3. The van der Waals surface area contributed by atoms with E-state index in [2.05, 4.69) is 13.8 Å². The van der Waals surface area contributed by atoms with Crippen molar-refractivity contribution in [1.82, 2.24) is 0 Å². The van der Waals surface area contributed by atoms with Crippen molar-refractivity contribution < 1.29 is 28.5 Å². The van der Waals surface area contributed by atoms with Gasteiger partial charge in [0.1, 0.15) is 23.7 Å². The van der Waals surface area contributed by atoms with Crippen LogP contribution in [0.25, 0.3) is 0 Å². The zero-order valence-corrected chi connectivity index (χ0v) is 33.1. The molecule has 6 nitrogen and oxygen atoms in total. The third kappa shape index (κ3) is 14.4. The number of esters is 2. The van der Waals surface area contributed by atoms with E-state index in [1.54, 1.807) is 38.1 Å². The van der Waals surface area contributed by atoms with Crippen molar-refractivity contribution in [1.29, 1.82) is 0 Å². The van der Waals surface area contributed by atoms with Crippen molar-refractivity contribution in [2.24, 2.45) is 23.7 Å². The Labute approximate surface area is 316 Å². The Balaban J connectivity index is 1.11. The highest BCUT2D eigenvalue weighted by Gasteiger charge is 2.26. The lowest BCUT2D eigenvalue weighted by molar-refractivity contribution is -0.0239. The molecule has 6 atom stereocenters. The first-order valence-corrected chi connectivity index (χ1v) is 21.3. The predicted molar refractivity (Wildman–Crippen MR) is 211 cm³/mol. The summed E-state index contributed by atoms with van der Waals surface area (Å²) in [5, 5.41) is 0. The van der Waals surface area contributed by atoms with E-state index in [1.807, 2.05) is 24.3 Å². The van der Waals surface area contributed by atoms with Crippen molar-refractivity contribution in [3.05, 3.63) is 59.7 Å². The molecule has 2 aliphatic rings. The van der Waals surface area contributed by atoms with Crippen molar-refractivity contribution in [3.63, 3.8) is 0 Å². The zero-order chi connectivity index (χ0) is 37.0. The van der Waals surface area contributed by atoms with Crippen LogP contribution in [0.1, 0.15) is 177 Å². The highest BCUT2D eigenvalue weighted by atomic mass is 16.6. The van der Waals surface area contributed by atoms with Crippen LogP contribution in [-0.4, -0.2) is 37.4 Å². The van der Waals surface area contributed by atoms with E-state index >= 15 is 0 Å². The Hall–Kier alpha value is -3.02. The van der Waals surface area contributed by atoms with Gasteiger partial charge in [-0.15, -0.1) is 0 Å². The van der Waals surface area contributed by atoms with Crippen LogP contribution in [0.15, 0.2) is 48.5 Å². The predicted octanol–water partition coefficient (Wildman–Crippen LogP) is 12.6. The smallest absolute Gasteiger partial charge is 0.338 e. The number of carbonyl (C=O) groups is 2. The van der Waals surface area contributed by atoms with Crippen molar-refractivity contribution in [2.45, 2.75) is 168 Å². The summed E-state index contributed by atoms with van der Waals surface area (Å²) in [6, 6.07) is 14.2. The summed E-state index contributed by atoms with van der Waals surface area (Å²) >= 11 is 0. The number of hydrogen-bond donors (Lipinski definition) is 0. The SMILES string of the molecule is CCCCCC1CCCCC1CCCOc1ccc(C(=O)O[C@H](C)[C@@H](C)OC(=O)c2ccc(OCCCC3CCCCC3CCCCC)cc2)cc1. The molecule has 0 amide bonds. The molecule has 2 saturated carbocycles. The quantitative estimate of drug-likeness (QED) is 0.0841. The number of unbranched alkanes of at least 4 members (excludes halogenated alkanes) is 4. The molecule has 0 N–H and O–H groups in total. The lowest BCUT2D eigenvalue weighted by atomic mass is 9.74. The third-order valence-electron chi connectivity index (χ3n) is 11.9. The van der Waals surface area contributed by atoms with E-state index in [1.165, 1.54) is 116 Å². The van der Waals surface area contributed by atoms with Gasteiger partial charge >= 0.3 is 11.9 Å². The Kier molecular flexibility index (Phi) is 18.9.